The Balaban J connectivity index is 1.80. The number of hydrogen-bond donors (Lipinski definition) is 1. The van der Waals surface area contributed by atoms with Crippen LogP contribution in [0.1, 0.15) is 22.3 Å². The van der Waals surface area contributed by atoms with E-state index in [1.165, 1.54) is 11.1 Å². The average Bonchev–Trinajstić information content (AvgIpc) is 2.83. The second-order valence-corrected chi connectivity index (χ2v) is 9.79. The van der Waals surface area contributed by atoms with E-state index in [2.05, 4.69) is 40.3 Å². The smallest absolute Gasteiger partial charge is 0.242 e. The molecule has 0 fully saturated rings. The van der Waals surface area contributed by atoms with Crippen molar-refractivity contribution in [2.45, 2.75) is 31.7 Å². The van der Waals surface area contributed by atoms with E-state index >= 15 is 0 Å². The van der Waals surface area contributed by atoms with Gasteiger partial charge in [0, 0.05) is 30.2 Å². The highest BCUT2D eigenvalue weighted by molar-refractivity contribution is 9.10. The fourth-order valence-corrected chi connectivity index (χ4v) is 4.86. The lowest BCUT2D eigenvalue weighted by Gasteiger charge is -2.31. The first kappa shape index (κ1) is 25.1. The lowest BCUT2D eigenvalue weighted by Crippen LogP contribution is -2.50. The molecule has 3 aromatic carbocycles. The maximum atomic E-state index is 13.5. The van der Waals surface area contributed by atoms with Crippen LogP contribution in [0.5, 0.6) is 0 Å². The summed E-state index contributed by atoms with van der Waals surface area (Å²) in [6, 6.07) is 25.3. The first-order chi connectivity index (χ1) is 16.0. The van der Waals surface area contributed by atoms with Crippen molar-refractivity contribution < 1.29 is 9.59 Å². The number of thioether (sulfide) groups is 1. The minimum Gasteiger partial charge on any atom is -0.357 e. The van der Waals surface area contributed by atoms with Gasteiger partial charge in [0.1, 0.15) is 6.04 Å². The molecule has 0 aromatic heterocycles. The third-order valence-corrected chi connectivity index (χ3v) is 7.02. The normalized spacial score (nSPS) is 11.6. The average molecular weight is 526 g/mol. The van der Waals surface area contributed by atoms with Crippen LogP contribution >= 0.6 is 27.7 Å². The molecular weight excluding hydrogens is 496 g/mol. The highest BCUT2D eigenvalue weighted by atomic mass is 79.9. The molecule has 0 saturated carbocycles. The molecule has 33 heavy (non-hydrogen) atoms. The Morgan fingerprint density at radius 2 is 1.61 bits per heavy atom. The summed E-state index contributed by atoms with van der Waals surface area (Å²) in [5.41, 5.74) is 4.45. The van der Waals surface area contributed by atoms with Gasteiger partial charge in [-0.1, -0.05) is 82.7 Å². The number of amides is 2. The van der Waals surface area contributed by atoms with Crippen molar-refractivity contribution in [3.8, 4) is 0 Å². The van der Waals surface area contributed by atoms with Crippen LogP contribution < -0.4 is 5.32 Å². The first-order valence-electron chi connectivity index (χ1n) is 10.9. The summed E-state index contributed by atoms with van der Waals surface area (Å²) < 4.78 is 0.977. The van der Waals surface area contributed by atoms with Crippen LogP contribution in [0.2, 0.25) is 0 Å². The Morgan fingerprint density at radius 3 is 2.27 bits per heavy atom. The molecule has 3 rings (SSSR count). The van der Waals surface area contributed by atoms with E-state index in [4.69, 9.17) is 0 Å². The molecule has 0 radical (unpaired) electrons. The summed E-state index contributed by atoms with van der Waals surface area (Å²) in [5.74, 6) is 0.871. The molecule has 0 bridgehead atoms. The largest absolute Gasteiger partial charge is 0.357 e. The van der Waals surface area contributed by atoms with Gasteiger partial charge in [-0.2, -0.15) is 0 Å². The third-order valence-electron chi connectivity index (χ3n) is 5.53. The zero-order valence-corrected chi connectivity index (χ0v) is 21.4. The van der Waals surface area contributed by atoms with Crippen LogP contribution in [0.4, 0.5) is 0 Å². The van der Waals surface area contributed by atoms with E-state index in [1.54, 1.807) is 23.7 Å². The number of benzene rings is 3. The Labute approximate surface area is 208 Å². The number of aryl methyl sites for hydroxylation is 1. The quantitative estimate of drug-likeness (QED) is 0.387. The van der Waals surface area contributed by atoms with Crippen molar-refractivity contribution in [1.82, 2.24) is 10.2 Å². The SMILES string of the molecule is CNC(=O)[C@@H](Cc1ccccc1)N(Cc1ccc(Br)cc1)C(=O)CSCc1ccccc1C. The minimum atomic E-state index is -0.590. The van der Waals surface area contributed by atoms with Gasteiger partial charge in [0.25, 0.3) is 0 Å². The zero-order valence-electron chi connectivity index (χ0n) is 19.0. The van der Waals surface area contributed by atoms with E-state index in [0.29, 0.717) is 18.7 Å². The first-order valence-corrected chi connectivity index (χ1v) is 12.8. The predicted molar refractivity (Wildman–Crippen MR) is 140 cm³/mol. The van der Waals surface area contributed by atoms with Crippen molar-refractivity contribution in [3.05, 3.63) is 106 Å². The molecule has 0 aliphatic heterocycles. The summed E-state index contributed by atoms with van der Waals surface area (Å²) in [4.78, 5) is 28.1. The van der Waals surface area contributed by atoms with Crippen molar-refractivity contribution >= 4 is 39.5 Å². The van der Waals surface area contributed by atoms with Crippen molar-refractivity contribution in [2.75, 3.05) is 12.8 Å². The Bertz CT molecular complexity index is 1060. The number of nitrogens with zero attached hydrogens (tertiary/aromatic N) is 1. The molecular formula is C27H29BrN2O2S. The van der Waals surface area contributed by atoms with Gasteiger partial charge < -0.3 is 10.2 Å². The summed E-state index contributed by atoms with van der Waals surface area (Å²) >= 11 is 5.04. The molecule has 1 atom stereocenters. The summed E-state index contributed by atoms with van der Waals surface area (Å²) in [5, 5.41) is 2.76. The molecule has 0 aliphatic carbocycles. The van der Waals surface area contributed by atoms with E-state index in [0.717, 1.165) is 21.4 Å². The van der Waals surface area contributed by atoms with E-state index in [9.17, 15) is 9.59 Å². The molecule has 4 nitrogen and oxygen atoms in total. The predicted octanol–water partition coefficient (Wildman–Crippen LogP) is 5.38. The van der Waals surface area contributed by atoms with Crippen LogP contribution in [-0.4, -0.2) is 35.6 Å². The maximum absolute atomic E-state index is 13.5. The lowest BCUT2D eigenvalue weighted by molar-refractivity contribution is -0.139. The molecule has 0 aliphatic rings. The second-order valence-electron chi connectivity index (χ2n) is 7.89. The molecule has 172 valence electrons. The highest BCUT2D eigenvalue weighted by Gasteiger charge is 2.29. The van der Waals surface area contributed by atoms with Crippen molar-refractivity contribution in [3.63, 3.8) is 0 Å². The van der Waals surface area contributed by atoms with Crippen LogP contribution in [0.15, 0.2) is 83.3 Å². The molecule has 0 heterocycles. The van der Waals surface area contributed by atoms with Crippen LogP contribution in [0.25, 0.3) is 0 Å². The number of rotatable bonds is 10. The number of hydrogen-bond acceptors (Lipinski definition) is 3. The fraction of sp³-hybridized carbons (Fsp3) is 0.259. The van der Waals surface area contributed by atoms with Gasteiger partial charge in [0.2, 0.25) is 11.8 Å². The van der Waals surface area contributed by atoms with Crippen molar-refractivity contribution in [2.24, 2.45) is 0 Å². The third kappa shape index (κ3) is 7.47. The Kier molecular flexibility index (Phi) is 9.58. The van der Waals surface area contributed by atoms with Gasteiger partial charge >= 0.3 is 0 Å². The Morgan fingerprint density at radius 1 is 0.939 bits per heavy atom. The van der Waals surface area contributed by atoms with Crippen LogP contribution in [0.3, 0.4) is 0 Å². The molecule has 3 aromatic rings. The lowest BCUT2D eigenvalue weighted by atomic mass is 10.0. The zero-order chi connectivity index (χ0) is 23.6. The number of carbonyl (C=O) groups excluding carboxylic acids is 2. The van der Waals surface area contributed by atoms with Gasteiger partial charge in [0.15, 0.2) is 0 Å². The number of carbonyl (C=O) groups is 2. The monoisotopic (exact) mass is 524 g/mol. The van der Waals surface area contributed by atoms with Crippen LogP contribution in [-0.2, 0) is 28.3 Å². The summed E-state index contributed by atoms with van der Waals surface area (Å²) in [6.45, 7) is 2.46. The Hall–Kier alpha value is -2.57. The fourth-order valence-electron chi connectivity index (χ4n) is 3.61. The van der Waals surface area contributed by atoms with E-state index in [1.807, 2.05) is 66.7 Å². The number of halogens is 1. The standard InChI is InChI=1S/C27H29BrN2O2S/c1-20-8-6-7-11-23(20)18-33-19-26(31)30(17-22-12-14-24(28)15-13-22)25(27(32)29-2)16-21-9-4-3-5-10-21/h3-15,25H,16-19H2,1-2H3,(H,29,32)/t25-/m1/s1. The second kappa shape index (κ2) is 12.6. The molecule has 0 unspecified atom stereocenters. The van der Waals surface area contributed by atoms with Gasteiger partial charge in [0.05, 0.1) is 5.75 Å². The van der Waals surface area contributed by atoms with Gasteiger partial charge in [-0.25, -0.2) is 0 Å². The summed E-state index contributed by atoms with van der Waals surface area (Å²) in [6.07, 6.45) is 0.464. The molecule has 1 N–H and O–H groups in total. The molecule has 6 heteroatoms. The maximum Gasteiger partial charge on any atom is 0.242 e. The van der Waals surface area contributed by atoms with Gasteiger partial charge in [-0.3, -0.25) is 9.59 Å². The van der Waals surface area contributed by atoms with E-state index in [-0.39, 0.29) is 11.8 Å². The number of nitrogens with one attached hydrogen (secondary N) is 1. The minimum absolute atomic E-state index is 0.0407. The highest BCUT2D eigenvalue weighted by Crippen LogP contribution is 2.20. The van der Waals surface area contributed by atoms with Gasteiger partial charge in [-0.15, -0.1) is 11.8 Å². The topological polar surface area (TPSA) is 49.4 Å². The van der Waals surface area contributed by atoms with E-state index < -0.39 is 6.04 Å². The number of likely N-dealkylation sites (N-methyl/N-ethyl adjacent to an activating group) is 1. The molecule has 0 saturated heterocycles. The van der Waals surface area contributed by atoms with Gasteiger partial charge in [-0.05, 0) is 41.3 Å². The molecule has 2 amide bonds. The summed E-state index contributed by atoms with van der Waals surface area (Å²) in [7, 11) is 1.62. The van der Waals surface area contributed by atoms with Crippen molar-refractivity contribution in [1.29, 1.82) is 0 Å². The molecule has 0 spiro atoms. The van der Waals surface area contributed by atoms with Crippen LogP contribution in [0, 0.1) is 6.92 Å².